The summed E-state index contributed by atoms with van der Waals surface area (Å²) in [5.41, 5.74) is 1.52. The van der Waals surface area contributed by atoms with Crippen LogP contribution in [0, 0.1) is 24.1 Å². The maximum Gasteiger partial charge on any atom is 0.252 e. The number of anilines is 1. The molecule has 4 aromatic rings. The van der Waals surface area contributed by atoms with Crippen molar-refractivity contribution in [3.8, 4) is 0 Å². The molecule has 2 heterocycles. The maximum atomic E-state index is 16.8. The maximum absolute atomic E-state index is 16.8. The fourth-order valence-corrected chi connectivity index (χ4v) is 5.84. The Labute approximate surface area is 238 Å². The Morgan fingerprint density at radius 2 is 1.51 bits per heavy atom. The van der Waals surface area contributed by atoms with Crippen LogP contribution in [0.25, 0.3) is 15.7 Å². The molecule has 1 aliphatic heterocycles. The Hall–Kier alpha value is -4.09. The molecule has 5 nitrogen and oxygen atoms in total. The minimum Gasteiger partial charge on any atom is -0.368 e. The van der Waals surface area contributed by atoms with Gasteiger partial charge in [0, 0.05) is 38.1 Å². The monoisotopic (exact) mass is 558 g/mol. The lowest BCUT2D eigenvalue weighted by atomic mass is 9.82. The smallest absolute Gasteiger partial charge is 0.252 e. The number of piperazine rings is 1. The molecule has 0 saturated carbocycles. The SMILES string of the molecule is [C-]#[N+]c1ccc2c(c1)c(N1CCN(C(c3ccc(F)cc3)c3ccc(F)cc3)C(C(C)(F)C(C)C)C1)cc(=O)n2C. The Bertz CT molecular complexity index is 1610. The number of hydrogen-bond acceptors (Lipinski definition) is 3. The van der Waals surface area contributed by atoms with E-state index in [-0.39, 0.29) is 29.7 Å². The van der Waals surface area contributed by atoms with Crippen molar-refractivity contribution in [2.24, 2.45) is 13.0 Å². The number of halogens is 3. The van der Waals surface area contributed by atoms with Crippen molar-refractivity contribution < 1.29 is 13.2 Å². The summed E-state index contributed by atoms with van der Waals surface area (Å²) in [6.07, 6.45) is 0. The van der Waals surface area contributed by atoms with Crippen LogP contribution in [0.15, 0.2) is 77.6 Å². The van der Waals surface area contributed by atoms with Crippen LogP contribution >= 0.6 is 0 Å². The minimum atomic E-state index is -1.66. The first-order valence-electron chi connectivity index (χ1n) is 13.7. The molecular formula is C33H33F3N4O. The predicted octanol–water partition coefficient (Wildman–Crippen LogP) is 7.03. The summed E-state index contributed by atoms with van der Waals surface area (Å²) in [5.74, 6) is -1.09. The molecule has 2 atom stereocenters. The van der Waals surface area contributed by atoms with Gasteiger partial charge in [0.15, 0.2) is 5.69 Å². The van der Waals surface area contributed by atoms with Crippen LogP contribution in [0.5, 0.6) is 0 Å². The Kier molecular flexibility index (Phi) is 7.67. The van der Waals surface area contributed by atoms with Gasteiger partial charge in [-0.3, -0.25) is 9.69 Å². The van der Waals surface area contributed by atoms with Crippen LogP contribution in [0.2, 0.25) is 0 Å². The molecule has 2 unspecified atom stereocenters. The van der Waals surface area contributed by atoms with Gasteiger partial charge in [-0.1, -0.05) is 44.2 Å². The number of rotatable bonds is 6. The van der Waals surface area contributed by atoms with Gasteiger partial charge in [0.2, 0.25) is 0 Å². The molecule has 0 amide bonds. The zero-order valence-electron chi connectivity index (χ0n) is 23.6. The molecule has 0 radical (unpaired) electrons. The van der Waals surface area contributed by atoms with E-state index in [4.69, 9.17) is 6.57 Å². The van der Waals surface area contributed by atoms with Crippen LogP contribution in [-0.2, 0) is 7.05 Å². The predicted molar refractivity (Wildman–Crippen MR) is 157 cm³/mol. The third-order valence-corrected chi connectivity index (χ3v) is 8.58. The van der Waals surface area contributed by atoms with Crippen molar-refractivity contribution in [2.75, 3.05) is 24.5 Å². The molecule has 41 heavy (non-hydrogen) atoms. The molecule has 1 saturated heterocycles. The standard InChI is InChI=1S/C33H33F3N4O/c1-21(2)33(3,36)30-20-39(29-19-31(41)38(5)28-15-14-26(37-4)18-27(28)29)16-17-40(30)32(22-6-10-24(34)11-7-22)23-8-12-25(35)13-9-23/h6-15,18-19,21,30,32H,16-17,20H2,1-3,5H3. The number of alkyl halides is 1. The van der Waals surface area contributed by atoms with Gasteiger partial charge in [-0.15, -0.1) is 0 Å². The molecule has 5 rings (SSSR count). The summed E-state index contributed by atoms with van der Waals surface area (Å²) in [6, 6.07) is 18.0. The number of nitrogens with zero attached hydrogens (tertiary/aromatic N) is 4. The summed E-state index contributed by atoms with van der Waals surface area (Å²) in [6.45, 7) is 14.0. The molecule has 1 aliphatic rings. The van der Waals surface area contributed by atoms with E-state index >= 15 is 4.39 Å². The van der Waals surface area contributed by atoms with E-state index in [1.54, 1.807) is 67.1 Å². The fourth-order valence-electron chi connectivity index (χ4n) is 5.84. The summed E-state index contributed by atoms with van der Waals surface area (Å²) in [7, 11) is 1.69. The summed E-state index contributed by atoms with van der Waals surface area (Å²) in [5, 5.41) is 0.756. The first-order chi connectivity index (χ1) is 19.5. The molecule has 0 aliphatic carbocycles. The van der Waals surface area contributed by atoms with Gasteiger partial charge in [-0.2, -0.15) is 0 Å². The van der Waals surface area contributed by atoms with Crippen LogP contribution in [0.4, 0.5) is 24.5 Å². The van der Waals surface area contributed by atoms with Crippen molar-refractivity contribution in [2.45, 2.75) is 38.5 Å². The summed E-state index contributed by atoms with van der Waals surface area (Å²) in [4.78, 5) is 20.7. The van der Waals surface area contributed by atoms with E-state index in [0.29, 0.717) is 30.0 Å². The molecule has 8 heteroatoms. The second kappa shape index (κ2) is 11.1. The van der Waals surface area contributed by atoms with Gasteiger partial charge in [-0.05, 0) is 60.4 Å². The number of hydrogen-bond donors (Lipinski definition) is 0. The van der Waals surface area contributed by atoms with Gasteiger partial charge >= 0.3 is 0 Å². The number of pyridine rings is 1. The third kappa shape index (κ3) is 5.34. The second-order valence-electron chi connectivity index (χ2n) is 11.3. The van der Waals surface area contributed by atoms with Gasteiger partial charge in [0.1, 0.15) is 17.3 Å². The lowest BCUT2D eigenvalue weighted by Gasteiger charge is -2.51. The van der Waals surface area contributed by atoms with Crippen LogP contribution < -0.4 is 10.5 Å². The molecule has 0 spiro atoms. The lowest BCUT2D eigenvalue weighted by Crippen LogP contribution is -2.63. The van der Waals surface area contributed by atoms with Crippen LogP contribution in [0.1, 0.15) is 37.9 Å². The van der Waals surface area contributed by atoms with Gasteiger partial charge < -0.3 is 9.47 Å². The van der Waals surface area contributed by atoms with Gasteiger partial charge in [-0.25, -0.2) is 18.0 Å². The van der Waals surface area contributed by atoms with Crippen LogP contribution in [0.3, 0.4) is 0 Å². The largest absolute Gasteiger partial charge is 0.368 e. The number of fused-ring (bicyclic) bond motifs is 1. The van der Waals surface area contributed by atoms with E-state index in [1.807, 2.05) is 18.7 Å². The number of aryl methyl sites for hydroxylation is 1. The minimum absolute atomic E-state index is 0.190. The Morgan fingerprint density at radius 3 is 2.05 bits per heavy atom. The molecule has 0 N–H and O–H groups in total. The first-order valence-corrected chi connectivity index (χ1v) is 13.7. The zero-order valence-corrected chi connectivity index (χ0v) is 23.6. The molecule has 1 aromatic heterocycles. The molecule has 1 fully saturated rings. The molecule has 0 bridgehead atoms. The molecule has 3 aromatic carbocycles. The van der Waals surface area contributed by atoms with E-state index in [2.05, 4.69) is 9.74 Å². The third-order valence-electron chi connectivity index (χ3n) is 8.58. The van der Waals surface area contributed by atoms with Crippen LogP contribution in [-0.4, -0.2) is 40.8 Å². The average molecular weight is 559 g/mol. The van der Waals surface area contributed by atoms with Crippen molar-refractivity contribution in [1.82, 2.24) is 9.47 Å². The average Bonchev–Trinajstić information content (AvgIpc) is 2.96. The Morgan fingerprint density at radius 1 is 0.927 bits per heavy atom. The normalized spacial score (nSPS) is 17.7. The first kappa shape index (κ1) is 28.4. The highest BCUT2D eigenvalue weighted by Crippen LogP contribution is 2.41. The van der Waals surface area contributed by atoms with Crippen molar-refractivity contribution >= 4 is 22.3 Å². The van der Waals surface area contributed by atoms with E-state index in [9.17, 15) is 13.6 Å². The van der Waals surface area contributed by atoms with Gasteiger partial charge in [0.25, 0.3) is 5.56 Å². The fraction of sp³-hybridized carbons (Fsp3) is 0.333. The van der Waals surface area contributed by atoms with E-state index in [0.717, 1.165) is 16.5 Å². The molecular weight excluding hydrogens is 525 g/mol. The van der Waals surface area contributed by atoms with Gasteiger partial charge in [0.05, 0.1) is 29.9 Å². The van der Waals surface area contributed by atoms with E-state index in [1.165, 1.54) is 24.3 Å². The second-order valence-corrected chi connectivity index (χ2v) is 11.3. The highest BCUT2D eigenvalue weighted by Gasteiger charge is 2.46. The zero-order chi connectivity index (χ0) is 29.5. The number of benzene rings is 3. The lowest BCUT2D eigenvalue weighted by molar-refractivity contribution is -0.0169. The van der Waals surface area contributed by atoms with Crippen molar-refractivity contribution in [1.29, 1.82) is 0 Å². The highest BCUT2D eigenvalue weighted by atomic mass is 19.1. The van der Waals surface area contributed by atoms with E-state index < -0.39 is 17.8 Å². The summed E-state index contributed by atoms with van der Waals surface area (Å²) >= 11 is 0. The number of aromatic nitrogens is 1. The highest BCUT2D eigenvalue weighted by molar-refractivity contribution is 5.94. The molecule has 212 valence electrons. The van der Waals surface area contributed by atoms with Crippen molar-refractivity contribution in [3.05, 3.63) is 117 Å². The van der Waals surface area contributed by atoms with Crippen molar-refractivity contribution in [3.63, 3.8) is 0 Å². The quantitative estimate of drug-likeness (QED) is 0.238. The topological polar surface area (TPSA) is 32.8 Å². The summed E-state index contributed by atoms with van der Waals surface area (Å²) < 4.78 is 46.2. The Balaban J connectivity index is 1.64.